The highest BCUT2D eigenvalue weighted by molar-refractivity contribution is 7.88. The number of ether oxygens (including phenoxy) is 1. The fraction of sp³-hybridized carbons (Fsp3) is 0.429. The first-order chi connectivity index (χ1) is 14.4. The van der Waals surface area contributed by atoms with E-state index in [1.165, 1.54) is 22.5 Å². The highest BCUT2D eigenvalue weighted by atomic mass is 32.2. The summed E-state index contributed by atoms with van der Waals surface area (Å²) < 4.78 is 47.6. The predicted molar refractivity (Wildman–Crippen MR) is 109 cm³/mol. The molecule has 0 unspecified atom stereocenters. The van der Waals surface area contributed by atoms with Crippen molar-refractivity contribution in [1.82, 2.24) is 14.2 Å². The minimum Gasteiger partial charge on any atom is -0.487 e. The Balaban J connectivity index is 1.58. The Labute approximate surface area is 175 Å². The van der Waals surface area contributed by atoms with Crippen molar-refractivity contribution in [2.75, 3.05) is 19.6 Å². The Morgan fingerprint density at radius 2 is 1.93 bits per heavy atom. The van der Waals surface area contributed by atoms with Gasteiger partial charge < -0.3 is 9.64 Å². The first-order valence-corrected chi connectivity index (χ1v) is 11.6. The molecule has 0 aliphatic carbocycles. The number of likely N-dealkylation sites (tertiary alicyclic amines) is 1. The van der Waals surface area contributed by atoms with E-state index in [0.29, 0.717) is 18.8 Å². The molecule has 9 heteroatoms. The fourth-order valence-electron chi connectivity index (χ4n) is 4.04. The van der Waals surface area contributed by atoms with Crippen molar-refractivity contribution in [1.29, 1.82) is 0 Å². The molecule has 2 fully saturated rings. The summed E-state index contributed by atoms with van der Waals surface area (Å²) in [7, 11) is -3.93. The van der Waals surface area contributed by atoms with Crippen LogP contribution in [0.1, 0.15) is 24.8 Å². The first-order valence-electron chi connectivity index (χ1n) is 10.0. The van der Waals surface area contributed by atoms with Gasteiger partial charge in [-0.1, -0.05) is 18.2 Å². The molecular formula is C21H24FN3O4S. The van der Waals surface area contributed by atoms with Gasteiger partial charge in [-0.05, 0) is 31.0 Å². The topological polar surface area (TPSA) is 79.8 Å². The highest BCUT2D eigenvalue weighted by Gasteiger charge is 2.46. The summed E-state index contributed by atoms with van der Waals surface area (Å²) in [6, 6.07) is 8.41. The molecule has 0 saturated carbocycles. The SMILES string of the molecule is O=C([C@@H]1C[C@H](Oc2cccnc2)CN1S(=O)(=O)Cc1ccccc1F)N1CCCC1. The van der Waals surface area contributed by atoms with Crippen LogP contribution < -0.4 is 4.74 Å². The standard InChI is InChI=1S/C21H24FN3O4S/c22-19-8-2-1-6-16(19)15-30(27,28)25-14-18(29-17-7-5-9-23-13-17)12-20(25)21(26)24-10-3-4-11-24/h1-2,5-9,13,18,20H,3-4,10-12,14-15H2/t18-,20-/m0/s1. The summed E-state index contributed by atoms with van der Waals surface area (Å²) in [5, 5.41) is 0. The summed E-state index contributed by atoms with van der Waals surface area (Å²) in [5.74, 6) is -0.765. The Kier molecular flexibility index (Phi) is 6.01. The number of hydrogen-bond donors (Lipinski definition) is 0. The molecule has 2 aromatic rings. The van der Waals surface area contributed by atoms with Gasteiger partial charge in [0.05, 0.1) is 18.5 Å². The van der Waals surface area contributed by atoms with Gasteiger partial charge in [0.15, 0.2) is 0 Å². The molecule has 7 nitrogen and oxygen atoms in total. The number of aromatic nitrogens is 1. The summed E-state index contributed by atoms with van der Waals surface area (Å²) >= 11 is 0. The zero-order valence-corrected chi connectivity index (χ0v) is 17.3. The number of nitrogens with zero attached hydrogens (tertiary/aromatic N) is 3. The van der Waals surface area contributed by atoms with Crippen molar-refractivity contribution < 1.29 is 22.3 Å². The van der Waals surface area contributed by atoms with Crippen molar-refractivity contribution in [2.24, 2.45) is 0 Å². The Hall–Kier alpha value is -2.52. The van der Waals surface area contributed by atoms with Gasteiger partial charge in [-0.25, -0.2) is 12.8 Å². The third kappa shape index (κ3) is 4.46. The van der Waals surface area contributed by atoms with Crippen LogP contribution in [0.15, 0.2) is 48.8 Å². The number of carbonyl (C=O) groups excluding carboxylic acids is 1. The normalized spacial score (nSPS) is 22.4. The van der Waals surface area contributed by atoms with Crippen molar-refractivity contribution in [2.45, 2.75) is 37.2 Å². The average Bonchev–Trinajstić information content (AvgIpc) is 3.40. The first kappa shape index (κ1) is 20.7. The molecule has 0 spiro atoms. The fourth-order valence-corrected chi connectivity index (χ4v) is 5.79. The molecule has 0 radical (unpaired) electrons. The van der Waals surface area contributed by atoms with Crippen LogP contribution in [0.3, 0.4) is 0 Å². The van der Waals surface area contributed by atoms with E-state index in [9.17, 15) is 17.6 Å². The van der Waals surface area contributed by atoms with Gasteiger partial charge in [-0.2, -0.15) is 4.31 Å². The minimum absolute atomic E-state index is 0.0376. The number of pyridine rings is 1. The molecule has 2 aliphatic heterocycles. The number of sulfonamides is 1. The quantitative estimate of drug-likeness (QED) is 0.698. The molecule has 3 heterocycles. The maximum absolute atomic E-state index is 14.1. The van der Waals surface area contributed by atoms with Crippen LogP contribution in [0.5, 0.6) is 5.75 Å². The molecule has 2 saturated heterocycles. The Morgan fingerprint density at radius 3 is 2.63 bits per heavy atom. The van der Waals surface area contributed by atoms with Gasteiger partial charge in [-0.15, -0.1) is 0 Å². The molecule has 4 rings (SSSR count). The van der Waals surface area contributed by atoms with Gasteiger partial charge in [0.1, 0.15) is 23.7 Å². The van der Waals surface area contributed by atoms with Crippen LogP contribution in [0.25, 0.3) is 0 Å². The van der Waals surface area contributed by atoms with E-state index >= 15 is 0 Å². The lowest BCUT2D eigenvalue weighted by Crippen LogP contribution is -2.47. The monoisotopic (exact) mass is 433 g/mol. The summed E-state index contributed by atoms with van der Waals surface area (Å²) in [5.41, 5.74) is 0.0847. The van der Waals surface area contributed by atoms with Crippen LogP contribution in [-0.2, 0) is 20.6 Å². The van der Waals surface area contributed by atoms with Crippen molar-refractivity contribution in [3.63, 3.8) is 0 Å². The summed E-state index contributed by atoms with van der Waals surface area (Å²) in [6.45, 7) is 1.30. The van der Waals surface area contributed by atoms with Gasteiger partial charge in [0.25, 0.3) is 0 Å². The zero-order chi connectivity index (χ0) is 21.1. The number of carbonyl (C=O) groups is 1. The number of benzene rings is 1. The minimum atomic E-state index is -3.93. The summed E-state index contributed by atoms with van der Waals surface area (Å²) in [6.07, 6.45) is 4.76. The second-order valence-corrected chi connectivity index (χ2v) is 9.55. The third-order valence-electron chi connectivity index (χ3n) is 5.51. The molecule has 0 N–H and O–H groups in total. The van der Waals surface area contributed by atoms with E-state index in [1.807, 2.05) is 0 Å². The van der Waals surface area contributed by atoms with Gasteiger partial charge in [0, 0.05) is 31.3 Å². The van der Waals surface area contributed by atoms with E-state index in [0.717, 1.165) is 12.8 Å². The lowest BCUT2D eigenvalue weighted by molar-refractivity contribution is -0.133. The van der Waals surface area contributed by atoms with Crippen molar-refractivity contribution in [3.05, 3.63) is 60.2 Å². The Bertz CT molecular complexity index is 996. The molecule has 1 amide bonds. The molecule has 160 valence electrons. The second kappa shape index (κ2) is 8.69. The molecule has 2 aliphatic rings. The van der Waals surface area contributed by atoms with Crippen LogP contribution in [0, 0.1) is 5.82 Å². The Morgan fingerprint density at radius 1 is 1.17 bits per heavy atom. The van der Waals surface area contributed by atoms with Crippen LogP contribution in [-0.4, -0.2) is 60.3 Å². The van der Waals surface area contributed by atoms with Crippen molar-refractivity contribution >= 4 is 15.9 Å². The maximum atomic E-state index is 14.1. The molecule has 0 bridgehead atoms. The third-order valence-corrected chi connectivity index (χ3v) is 7.30. The van der Waals surface area contributed by atoms with Gasteiger partial charge in [0.2, 0.25) is 15.9 Å². The molecule has 1 aromatic heterocycles. The highest BCUT2D eigenvalue weighted by Crippen LogP contribution is 2.29. The number of halogens is 1. The molecule has 30 heavy (non-hydrogen) atoms. The zero-order valence-electron chi connectivity index (χ0n) is 16.5. The molecule has 1 aromatic carbocycles. The summed E-state index contributed by atoms with van der Waals surface area (Å²) in [4.78, 5) is 18.8. The van der Waals surface area contributed by atoms with Crippen molar-refractivity contribution in [3.8, 4) is 5.75 Å². The lowest BCUT2D eigenvalue weighted by Gasteiger charge is -2.26. The van der Waals surface area contributed by atoms with Crippen LogP contribution in [0.2, 0.25) is 0 Å². The largest absolute Gasteiger partial charge is 0.487 e. The average molecular weight is 434 g/mol. The van der Waals surface area contributed by atoms with Gasteiger partial charge in [-0.3, -0.25) is 9.78 Å². The lowest BCUT2D eigenvalue weighted by atomic mass is 10.2. The molecular weight excluding hydrogens is 409 g/mol. The number of hydrogen-bond acceptors (Lipinski definition) is 5. The number of rotatable bonds is 6. The van der Waals surface area contributed by atoms with Gasteiger partial charge >= 0.3 is 0 Å². The maximum Gasteiger partial charge on any atom is 0.241 e. The molecule has 2 atom stereocenters. The van der Waals surface area contributed by atoms with E-state index in [4.69, 9.17) is 4.74 Å². The van der Waals surface area contributed by atoms with E-state index in [1.54, 1.807) is 35.5 Å². The number of amides is 1. The van der Waals surface area contributed by atoms with E-state index < -0.39 is 33.7 Å². The smallest absolute Gasteiger partial charge is 0.241 e. The second-order valence-electron chi connectivity index (χ2n) is 7.63. The van der Waals surface area contributed by atoms with Crippen LogP contribution in [0.4, 0.5) is 4.39 Å². The van der Waals surface area contributed by atoms with E-state index in [2.05, 4.69) is 4.98 Å². The predicted octanol–water partition coefficient (Wildman–Crippen LogP) is 2.19. The van der Waals surface area contributed by atoms with Crippen LogP contribution >= 0.6 is 0 Å². The van der Waals surface area contributed by atoms with E-state index in [-0.39, 0.29) is 24.4 Å².